The third-order valence-electron chi connectivity index (χ3n) is 4.56. The van der Waals surface area contributed by atoms with Gasteiger partial charge in [0, 0.05) is 37.5 Å². The van der Waals surface area contributed by atoms with E-state index in [4.69, 9.17) is 4.74 Å². The van der Waals surface area contributed by atoms with Crippen LogP contribution in [0.5, 0.6) is 5.75 Å². The van der Waals surface area contributed by atoms with Crippen LogP contribution in [0, 0.1) is 5.82 Å². The summed E-state index contributed by atoms with van der Waals surface area (Å²) < 4.78 is 20.6. The first-order valence-electron chi connectivity index (χ1n) is 9.82. The van der Waals surface area contributed by atoms with Crippen molar-refractivity contribution in [1.29, 1.82) is 0 Å². The largest absolute Gasteiger partial charge is 0.493 e. The molecule has 0 spiro atoms. The summed E-state index contributed by atoms with van der Waals surface area (Å²) in [7, 11) is 1.92. The Hall–Kier alpha value is -3.52. The molecule has 1 amide bonds. The van der Waals surface area contributed by atoms with Crippen LogP contribution in [0.25, 0.3) is 22.0 Å². The van der Waals surface area contributed by atoms with Gasteiger partial charge in [0.15, 0.2) is 11.0 Å². The molecule has 0 saturated carbocycles. The molecule has 2 heterocycles. The Morgan fingerprint density at radius 3 is 2.77 bits per heavy atom. The van der Waals surface area contributed by atoms with E-state index in [9.17, 15) is 9.18 Å². The van der Waals surface area contributed by atoms with E-state index in [1.165, 1.54) is 23.5 Å². The molecular weight excluding hydrogens is 415 g/mol. The molecule has 2 aromatic heterocycles. The van der Waals surface area contributed by atoms with Gasteiger partial charge in [0.05, 0.1) is 17.2 Å². The van der Waals surface area contributed by atoms with Gasteiger partial charge in [0.2, 0.25) is 5.91 Å². The average molecular weight is 437 g/mol. The van der Waals surface area contributed by atoms with Crippen molar-refractivity contribution in [2.75, 3.05) is 11.9 Å². The zero-order valence-corrected chi connectivity index (χ0v) is 17.7. The SMILES string of the molecule is Cn1ccnc1-c1sc(NC(=O)CCCOc2cccc(F)c2)nc1-c1ccccc1. The number of carbonyl (C=O) groups is 1. The molecule has 0 bridgehead atoms. The molecule has 0 radical (unpaired) electrons. The quantitative estimate of drug-likeness (QED) is 0.388. The number of nitrogens with zero attached hydrogens (tertiary/aromatic N) is 3. The van der Waals surface area contributed by atoms with Crippen molar-refractivity contribution in [3.05, 3.63) is 72.8 Å². The van der Waals surface area contributed by atoms with Crippen molar-refractivity contribution in [2.45, 2.75) is 12.8 Å². The summed E-state index contributed by atoms with van der Waals surface area (Å²) in [5.41, 5.74) is 1.74. The number of aryl methyl sites for hydroxylation is 1. The number of aromatic nitrogens is 3. The second kappa shape index (κ2) is 9.53. The van der Waals surface area contributed by atoms with Crippen molar-refractivity contribution in [2.24, 2.45) is 7.05 Å². The number of nitrogens with one attached hydrogen (secondary N) is 1. The number of thiazole rings is 1. The minimum atomic E-state index is -0.350. The van der Waals surface area contributed by atoms with Gasteiger partial charge in [0.1, 0.15) is 11.6 Å². The maximum atomic E-state index is 13.2. The van der Waals surface area contributed by atoms with Crippen molar-refractivity contribution in [3.63, 3.8) is 0 Å². The van der Waals surface area contributed by atoms with Gasteiger partial charge < -0.3 is 14.6 Å². The number of carbonyl (C=O) groups excluding carboxylic acids is 1. The van der Waals surface area contributed by atoms with Crippen LogP contribution in [0.1, 0.15) is 12.8 Å². The van der Waals surface area contributed by atoms with E-state index in [0.717, 1.165) is 22.0 Å². The number of imidazole rings is 1. The van der Waals surface area contributed by atoms with E-state index in [-0.39, 0.29) is 18.1 Å². The van der Waals surface area contributed by atoms with Gasteiger partial charge in [-0.25, -0.2) is 14.4 Å². The highest BCUT2D eigenvalue weighted by atomic mass is 32.1. The number of ether oxygens (including phenoxy) is 1. The summed E-state index contributed by atoms with van der Waals surface area (Å²) in [4.78, 5) is 22.4. The van der Waals surface area contributed by atoms with E-state index < -0.39 is 0 Å². The molecule has 2 aromatic carbocycles. The molecule has 158 valence electrons. The van der Waals surface area contributed by atoms with E-state index in [1.54, 1.807) is 18.3 Å². The Morgan fingerprint density at radius 1 is 1.19 bits per heavy atom. The average Bonchev–Trinajstić information content (AvgIpc) is 3.37. The fourth-order valence-electron chi connectivity index (χ4n) is 3.06. The molecule has 4 rings (SSSR count). The highest BCUT2D eigenvalue weighted by molar-refractivity contribution is 7.19. The standard InChI is InChI=1S/C23H21FN4O2S/c1-28-13-12-25-22(28)21-20(16-7-3-2-4-8-16)27-23(31-21)26-19(29)11-6-14-30-18-10-5-9-17(24)15-18/h2-5,7-10,12-13,15H,6,11,14H2,1H3,(H,26,27,29). The topological polar surface area (TPSA) is 69.0 Å². The number of hydrogen-bond donors (Lipinski definition) is 1. The van der Waals surface area contributed by atoms with Crippen LogP contribution in [0.4, 0.5) is 9.52 Å². The lowest BCUT2D eigenvalue weighted by molar-refractivity contribution is -0.116. The van der Waals surface area contributed by atoms with Gasteiger partial charge in [-0.3, -0.25) is 4.79 Å². The predicted octanol–water partition coefficient (Wildman–Crippen LogP) is 5.15. The van der Waals surface area contributed by atoms with Crippen molar-refractivity contribution < 1.29 is 13.9 Å². The minimum absolute atomic E-state index is 0.150. The summed E-state index contributed by atoms with van der Waals surface area (Å²) in [5, 5.41) is 3.40. The van der Waals surface area contributed by atoms with Crippen LogP contribution in [0.15, 0.2) is 67.0 Å². The van der Waals surface area contributed by atoms with Crippen LogP contribution in [-0.2, 0) is 11.8 Å². The molecule has 6 nitrogen and oxygen atoms in total. The Morgan fingerprint density at radius 2 is 2.03 bits per heavy atom. The second-order valence-corrected chi connectivity index (χ2v) is 7.88. The van der Waals surface area contributed by atoms with E-state index in [2.05, 4.69) is 15.3 Å². The molecule has 0 fully saturated rings. The third kappa shape index (κ3) is 5.16. The molecule has 1 N–H and O–H groups in total. The first-order chi connectivity index (χ1) is 15.1. The number of halogens is 1. The Bertz CT molecular complexity index is 1170. The highest BCUT2D eigenvalue weighted by Gasteiger charge is 2.19. The minimum Gasteiger partial charge on any atom is -0.493 e. The molecule has 0 aliphatic rings. The number of hydrogen-bond acceptors (Lipinski definition) is 5. The molecule has 0 unspecified atom stereocenters. The predicted molar refractivity (Wildman–Crippen MR) is 120 cm³/mol. The van der Waals surface area contributed by atoms with Crippen LogP contribution in [-0.4, -0.2) is 27.0 Å². The molecule has 4 aromatic rings. The fraction of sp³-hybridized carbons (Fsp3) is 0.174. The van der Waals surface area contributed by atoms with E-state index in [0.29, 0.717) is 23.9 Å². The van der Waals surface area contributed by atoms with Crippen LogP contribution < -0.4 is 10.1 Å². The first-order valence-corrected chi connectivity index (χ1v) is 10.6. The van der Waals surface area contributed by atoms with Gasteiger partial charge in [-0.1, -0.05) is 47.7 Å². The molecule has 0 aliphatic heterocycles. The third-order valence-corrected chi connectivity index (χ3v) is 5.52. The number of amides is 1. The Labute approximate surface area is 183 Å². The zero-order valence-electron chi connectivity index (χ0n) is 16.9. The number of rotatable bonds is 8. The van der Waals surface area contributed by atoms with Gasteiger partial charge in [-0.2, -0.15) is 0 Å². The van der Waals surface area contributed by atoms with Gasteiger partial charge in [0.25, 0.3) is 0 Å². The lowest BCUT2D eigenvalue weighted by Crippen LogP contribution is -2.12. The molecule has 8 heteroatoms. The van der Waals surface area contributed by atoms with E-state index >= 15 is 0 Å². The second-order valence-electron chi connectivity index (χ2n) is 6.88. The summed E-state index contributed by atoms with van der Waals surface area (Å²) >= 11 is 1.39. The smallest absolute Gasteiger partial charge is 0.226 e. The summed E-state index contributed by atoms with van der Waals surface area (Å²) in [5.74, 6) is 0.743. The van der Waals surface area contributed by atoms with Crippen LogP contribution in [0.3, 0.4) is 0 Å². The number of anilines is 1. The van der Waals surface area contributed by atoms with Crippen LogP contribution >= 0.6 is 11.3 Å². The summed E-state index contributed by atoms with van der Waals surface area (Å²) in [6.07, 6.45) is 4.39. The molecular formula is C23H21FN4O2S. The first kappa shape index (κ1) is 20.7. The highest BCUT2D eigenvalue weighted by Crippen LogP contribution is 2.38. The number of benzene rings is 2. The summed E-state index contributed by atoms with van der Waals surface area (Å²) in [6, 6.07) is 15.8. The van der Waals surface area contributed by atoms with Gasteiger partial charge in [-0.15, -0.1) is 0 Å². The lowest BCUT2D eigenvalue weighted by Gasteiger charge is -2.06. The summed E-state index contributed by atoms with van der Waals surface area (Å²) in [6.45, 7) is 0.322. The monoisotopic (exact) mass is 436 g/mol. The lowest BCUT2D eigenvalue weighted by atomic mass is 10.1. The van der Waals surface area contributed by atoms with Gasteiger partial charge in [-0.05, 0) is 18.6 Å². The van der Waals surface area contributed by atoms with Crippen molar-refractivity contribution in [3.8, 4) is 27.7 Å². The molecule has 0 saturated heterocycles. The normalized spacial score (nSPS) is 10.8. The molecule has 0 atom stereocenters. The molecule has 0 aliphatic carbocycles. The van der Waals surface area contributed by atoms with Crippen LogP contribution in [0.2, 0.25) is 0 Å². The van der Waals surface area contributed by atoms with Gasteiger partial charge >= 0.3 is 0 Å². The van der Waals surface area contributed by atoms with Crippen molar-refractivity contribution >= 4 is 22.4 Å². The zero-order chi connectivity index (χ0) is 21.6. The Kier molecular flexibility index (Phi) is 6.37. The molecule has 31 heavy (non-hydrogen) atoms. The Balaban J connectivity index is 1.42. The maximum Gasteiger partial charge on any atom is 0.226 e. The van der Waals surface area contributed by atoms with Crippen molar-refractivity contribution in [1.82, 2.24) is 14.5 Å². The fourth-order valence-corrected chi connectivity index (χ4v) is 4.11. The maximum absolute atomic E-state index is 13.2. The van der Waals surface area contributed by atoms with E-state index in [1.807, 2.05) is 48.1 Å².